The fourth-order valence-electron chi connectivity index (χ4n) is 2.12. The Hall–Kier alpha value is -0.520. The lowest BCUT2D eigenvalue weighted by molar-refractivity contribution is 0.212. The van der Waals surface area contributed by atoms with Crippen molar-refractivity contribution < 1.29 is 0 Å². The van der Waals surface area contributed by atoms with Gasteiger partial charge in [-0.3, -0.25) is 0 Å². The van der Waals surface area contributed by atoms with Crippen molar-refractivity contribution in [2.24, 2.45) is 11.8 Å². The van der Waals surface area contributed by atoms with Gasteiger partial charge in [-0.2, -0.15) is 0 Å². The highest BCUT2D eigenvalue weighted by atomic mass is 14.3. The molecular weight excluding hydrogens is 156 g/mol. The van der Waals surface area contributed by atoms with Gasteiger partial charge in [0.25, 0.3) is 0 Å². The van der Waals surface area contributed by atoms with E-state index < -0.39 is 0 Å². The van der Waals surface area contributed by atoms with Gasteiger partial charge in [0, 0.05) is 0 Å². The third-order valence-corrected chi connectivity index (χ3v) is 2.93. The molecule has 0 aliphatic heterocycles. The zero-order valence-electron chi connectivity index (χ0n) is 9.22. The van der Waals surface area contributed by atoms with Crippen molar-refractivity contribution in [2.75, 3.05) is 0 Å². The van der Waals surface area contributed by atoms with Gasteiger partial charge in [-0.05, 0) is 44.4 Å². The molecule has 13 heavy (non-hydrogen) atoms. The minimum Gasteiger partial charge on any atom is -0.0845 e. The maximum Gasteiger partial charge on any atom is -0.0254 e. The minimum atomic E-state index is 0.975. The van der Waals surface area contributed by atoms with Gasteiger partial charge < -0.3 is 0 Å². The summed E-state index contributed by atoms with van der Waals surface area (Å²) >= 11 is 0. The van der Waals surface area contributed by atoms with Crippen molar-refractivity contribution >= 4 is 0 Å². The average molecular weight is 178 g/mol. The van der Waals surface area contributed by atoms with Crippen molar-refractivity contribution in [2.45, 2.75) is 46.5 Å². The third kappa shape index (κ3) is 3.38. The van der Waals surface area contributed by atoms with E-state index in [0.29, 0.717) is 0 Å². The predicted molar refractivity (Wildman–Crippen MR) is 59.7 cm³/mol. The summed E-state index contributed by atoms with van der Waals surface area (Å²) in [6, 6.07) is 0. The molecule has 0 nitrogen and oxygen atoms in total. The fourth-order valence-corrected chi connectivity index (χ4v) is 2.12. The van der Waals surface area contributed by atoms with Crippen molar-refractivity contribution in [3.8, 4) is 0 Å². The van der Waals surface area contributed by atoms with Crippen LogP contribution < -0.4 is 0 Å². The Labute approximate surface area is 82.7 Å². The molecular formula is C13H22. The first-order valence-electron chi connectivity index (χ1n) is 5.58. The van der Waals surface area contributed by atoms with E-state index in [2.05, 4.69) is 39.0 Å². The molecule has 0 amide bonds. The molecule has 1 fully saturated rings. The highest BCUT2D eigenvalue weighted by Crippen LogP contribution is 2.37. The molecule has 74 valence electrons. The van der Waals surface area contributed by atoms with Crippen LogP contribution in [0.2, 0.25) is 0 Å². The van der Waals surface area contributed by atoms with E-state index in [-0.39, 0.29) is 0 Å². The summed E-state index contributed by atoms with van der Waals surface area (Å²) in [6.07, 6.45) is 12.2. The summed E-state index contributed by atoms with van der Waals surface area (Å²) in [5.74, 6) is 1.96. The Bertz CT molecular complexity index is 192. The molecule has 1 rings (SSSR count). The quantitative estimate of drug-likeness (QED) is 0.562. The van der Waals surface area contributed by atoms with Crippen LogP contribution in [0.4, 0.5) is 0 Å². The first kappa shape index (κ1) is 10.6. The minimum absolute atomic E-state index is 0.975. The number of rotatable bonds is 4. The first-order chi connectivity index (χ1) is 6.26. The maximum absolute atomic E-state index is 2.35. The van der Waals surface area contributed by atoms with Crippen LogP contribution >= 0.6 is 0 Å². The first-order valence-corrected chi connectivity index (χ1v) is 5.58. The molecule has 0 spiro atoms. The molecule has 0 heteroatoms. The van der Waals surface area contributed by atoms with E-state index in [0.717, 1.165) is 18.3 Å². The molecule has 0 aromatic rings. The molecule has 0 bridgehead atoms. The molecule has 0 atom stereocenters. The van der Waals surface area contributed by atoms with Gasteiger partial charge >= 0.3 is 0 Å². The molecule has 0 N–H and O–H groups in total. The van der Waals surface area contributed by atoms with Crippen LogP contribution in [-0.4, -0.2) is 0 Å². The Balaban J connectivity index is 2.29. The lowest BCUT2D eigenvalue weighted by atomic mass is 9.73. The molecule has 0 saturated heterocycles. The molecule has 0 radical (unpaired) electrons. The third-order valence-electron chi connectivity index (χ3n) is 2.93. The molecule has 0 aromatic carbocycles. The summed E-state index contributed by atoms with van der Waals surface area (Å²) in [5, 5.41) is 0. The average Bonchev–Trinajstić information content (AvgIpc) is 2.08. The number of allylic oxidation sites excluding steroid dienone is 4. The monoisotopic (exact) mass is 178 g/mol. The summed E-state index contributed by atoms with van der Waals surface area (Å²) < 4.78 is 0. The Morgan fingerprint density at radius 2 is 2.08 bits per heavy atom. The van der Waals surface area contributed by atoms with Crippen LogP contribution in [0.3, 0.4) is 0 Å². The lowest BCUT2D eigenvalue weighted by Crippen LogP contribution is -2.20. The Morgan fingerprint density at radius 3 is 2.54 bits per heavy atom. The summed E-state index contributed by atoms with van der Waals surface area (Å²) in [5.41, 5.74) is 1.53. The SMILES string of the molecule is C/C=C(\C=C/CC)CC1CC(C)C1. The van der Waals surface area contributed by atoms with E-state index >= 15 is 0 Å². The van der Waals surface area contributed by atoms with E-state index in [1.165, 1.54) is 24.8 Å². The van der Waals surface area contributed by atoms with E-state index in [9.17, 15) is 0 Å². The normalized spacial score (nSPS) is 29.3. The fraction of sp³-hybridized carbons (Fsp3) is 0.692. The van der Waals surface area contributed by atoms with Gasteiger partial charge in [-0.25, -0.2) is 0 Å². The number of hydrogen-bond acceptors (Lipinski definition) is 0. The van der Waals surface area contributed by atoms with Gasteiger partial charge in [0.05, 0.1) is 0 Å². The zero-order chi connectivity index (χ0) is 9.68. The van der Waals surface area contributed by atoms with Crippen LogP contribution in [0.1, 0.15) is 46.5 Å². The van der Waals surface area contributed by atoms with Gasteiger partial charge in [0.15, 0.2) is 0 Å². The summed E-state index contributed by atoms with van der Waals surface area (Å²) in [6.45, 7) is 6.69. The predicted octanol–water partition coefficient (Wildman–Crippen LogP) is 4.34. The molecule has 1 aliphatic rings. The van der Waals surface area contributed by atoms with Crippen molar-refractivity contribution in [1.82, 2.24) is 0 Å². The van der Waals surface area contributed by atoms with Gasteiger partial charge in [-0.1, -0.05) is 37.6 Å². The van der Waals surface area contributed by atoms with Gasteiger partial charge in [-0.15, -0.1) is 0 Å². The molecule has 1 aliphatic carbocycles. The van der Waals surface area contributed by atoms with E-state index in [1.807, 2.05) is 0 Å². The highest BCUT2D eigenvalue weighted by molar-refractivity contribution is 5.18. The Kier molecular flexibility index (Phi) is 4.27. The van der Waals surface area contributed by atoms with Crippen molar-refractivity contribution in [1.29, 1.82) is 0 Å². The second-order valence-corrected chi connectivity index (χ2v) is 4.32. The Morgan fingerprint density at radius 1 is 1.38 bits per heavy atom. The summed E-state index contributed by atoms with van der Waals surface area (Å²) in [4.78, 5) is 0. The maximum atomic E-state index is 2.35. The van der Waals surface area contributed by atoms with Crippen LogP contribution in [-0.2, 0) is 0 Å². The van der Waals surface area contributed by atoms with Crippen molar-refractivity contribution in [3.63, 3.8) is 0 Å². The summed E-state index contributed by atoms with van der Waals surface area (Å²) in [7, 11) is 0. The molecule has 0 heterocycles. The molecule has 1 saturated carbocycles. The second kappa shape index (κ2) is 5.26. The van der Waals surface area contributed by atoms with Crippen LogP contribution in [0.15, 0.2) is 23.8 Å². The van der Waals surface area contributed by atoms with E-state index in [1.54, 1.807) is 0 Å². The van der Waals surface area contributed by atoms with Crippen molar-refractivity contribution in [3.05, 3.63) is 23.8 Å². The zero-order valence-corrected chi connectivity index (χ0v) is 9.22. The smallest absolute Gasteiger partial charge is 0.0254 e. The number of hydrogen-bond donors (Lipinski definition) is 0. The van der Waals surface area contributed by atoms with Crippen LogP contribution in [0.5, 0.6) is 0 Å². The molecule has 0 unspecified atom stereocenters. The van der Waals surface area contributed by atoms with Crippen LogP contribution in [0, 0.1) is 11.8 Å². The highest BCUT2D eigenvalue weighted by Gasteiger charge is 2.24. The lowest BCUT2D eigenvalue weighted by Gasteiger charge is -2.33. The topological polar surface area (TPSA) is 0 Å². The van der Waals surface area contributed by atoms with E-state index in [4.69, 9.17) is 0 Å². The van der Waals surface area contributed by atoms with Gasteiger partial charge in [0.2, 0.25) is 0 Å². The largest absolute Gasteiger partial charge is 0.0845 e. The molecule has 0 aromatic heterocycles. The standard InChI is InChI=1S/C13H22/c1-4-6-7-12(5-2)10-13-8-11(3)9-13/h5-7,11,13H,4,8-10H2,1-3H3/b7-6-,12-5+. The second-order valence-electron chi connectivity index (χ2n) is 4.32. The van der Waals surface area contributed by atoms with Gasteiger partial charge in [0.1, 0.15) is 0 Å². The van der Waals surface area contributed by atoms with Crippen LogP contribution in [0.25, 0.3) is 0 Å².